The van der Waals surface area contributed by atoms with Crippen LogP contribution >= 0.6 is 22.9 Å². The maximum absolute atomic E-state index is 5.88. The third kappa shape index (κ3) is 4.77. The Morgan fingerprint density at radius 3 is 2.64 bits per heavy atom. The molecule has 0 unspecified atom stereocenters. The minimum absolute atomic E-state index is 0.372. The fourth-order valence-electron chi connectivity index (χ4n) is 2.07. The predicted molar refractivity (Wildman–Crippen MR) is 98.6 cm³/mol. The van der Waals surface area contributed by atoms with E-state index in [4.69, 9.17) is 16.1 Å². The van der Waals surface area contributed by atoms with E-state index in [1.54, 1.807) is 30.5 Å². The minimum Gasteiger partial charge on any atom is -0.350 e. The number of aromatic nitrogens is 3. The molecular weight excluding hydrogens is 360 g/mol. The molecule has 0 aliphatic carbocycles. The monoisotopic (exact) mass is 376 g/mol. The molecular formula is C16H17ClN6OS. The van der Waals surface area contributed by atoms with Gasteiger partial charge in [-0.05, 0) is 31.2 Å². The van der Waals surface area contributed by atoms with Crippen LogP contribution in [0.15, 0.2) is 39.2 Å². The Hall–Kier alpha value is -2.45. The molecule has 0 radical (unpaired) electrons. The van der Waals surface area contributed by atoms with Gasteiger partial charge in [0.1, 0.15) is 5.01 Å². The standard InChI is InChI=1S/C16H17ClN6OS/c1-10-9-25-14(21-10)8-20-16(18-2)19-7-13-22-15(23-24-13)11-3-5-12(17)6-4-11/h3-6,9H,7-8H2,1-2H3,(H2,18,19,20). The molecule has 2 aromatic heterocycles. The zero-order chi connectivity index (χ0) is 17.6. The molecule has 9 heteroatoms. The lowest BCUT2D eigenvalue weighted by atomic mass is 10.2. The van der Waals surface area contributed by atoms with Crippen LogP contribution in [0, 0.1) is 6.92 Å². The molecule has 3 rings (SSSR count). The molecule has 0 aliphatic rings. The van der Waals surface area contributed by atoms with E-state index in [1.165, 1.54) is 0 Å². The Morgan fingerprint density at radius 1 is 1.20 bits per heavy atom. The van der Waals surface area contributed by atoms with Crippen LogP contribution in [-0.2, 0) is 13.1 Å². The number of rotatable bonds is 5. The molecule has 3 aromatic rings. The van der Waals surface area contributed by atoms with Gasteiger partial charge in [0.25, 0.3) is 0 Å². The van der Waals surface area contributed by atoms with E-state index in [9.17, 15) is 0 Å². The van der Waals surface area contributed by atoms with Crippen molar-refractivity contribution in [2.24, 2.45) is 4.99 Å². The summed E-state index contributed by atoms with van der Waals surface area (Å²) in [5.41, 5.74) is 1.87. The number of benzene rings is 1. The summed E-state index contributed by atoms with van der Waals surface area (Å²) in [6.07, 6.45) is 0. The van der Waals surface area contributed by atoms with E-state index in [1.807, 2.05) is 24.4 Å². The lowest BCUT2D eigenvalue weighted by Crippen LogP contribution is -2.36. The Bertz CT molecular complexity index is 858. The molecule has 1 aromatic carbocycles. The maximum Gasteiger partial charge on any atom is 0.246 e. The lowest BCUT2D eigenvalue weighted by molar-refractivity contribution is 0.375. The average Bonchev–Trinajstić information content (AvgIpc) is 3.25. The number of hydrogen-bond donors (Lipinski definition) is 2. The second kappa shape index (κ2) is 8.09. The van der Waals surface area contributed by atoms with Crippen LogP contribution in [0.3, 0.4) is 0 Å². The van der Waals surface area contributed by atoms with Gasteiger partial charge in [-0.1, -0.05) is 16.8 Å². The van der Waals surface area contributed by atoms with Gasteiger partial charge >= 0.3 is 0 Å². The number of guanidine groups is 1. The van der Waals surface area contributed by atoms with Crippen molar-refractivity contribution in [3.63, 3.8) is 0 Å². The maximum atomic E-state index is 5.88. The zero-order valence-corrected chi connectivity index (χ0v) is 15.4. The topological polar surface area (TPSA) is 88.2 Å². The highest BCUT2D eigenvalue weighted by molar-refractivity contribution is 7.09. The van der Waals surface area contributed by atoms with Gasteiger partial charge < -0.3 is 15.2 Å². The molecule has 2 N–H and O–H groups in total. The molecule has 2 heterocycles. The molecule has 0 saturated carbocycles. The molecule has 0 spiro atoms. The summed E-state index contributed by atoms with van der Waals surface area (Å²) in [5, 5.41) is 14.0. The van der Waals surface area contributed by atoms with Crippen molar-refractivity contribution in [2.45, 2.75) is 20.0 Å². The number of aryl methyl sites for hydroxylation is 1. The van der Waals surface area contributed by atoms with E-state index in [0.717, 1.165) is 16.3 Å². The molecule has 130 valence electrons. The smallest absolute Gasteiger partial charge is 0.246 e. The molecule has 7 nitrogen and oxygen atoms in total. The largest absolute Gasteiger partial charge is 0.350 e. The Labute approximate surface area is 154 Å². The summed E-state index contributed by atoms with van der Waals surface area (Å²) in [7, 11) is 1.70. The van der Waals surface area contributed by atoms with Crippen molar-refractivity contribution in [2.75, 3.05) is 7.05 Å². The minimum atomic E-state index is 0.372. The Kier molecular flexibility index (Phi) is 5.62. The van der Waals surface area contributed by atoms with Crippen LogP contribution in [-0.4, -0.2) is 28.1 Å². The summed E-state index contributed by atoms with van der Waals surface area (Å²) in [6, 6.07) is 7.27. The van der Waals surface area contributed by atoms with Crippen LogP contribution in [0.25, 0.3) is 11.4 Å². The van der Waals surface area contributed by atoms with Crippen molar-refractivity contribution in [3.8, 4) is 11.4 Å². The van der Waals surface area contributed by atoms with Gasteiger partial charge in [0.2, 0.25) is 11.7 Å². The molecule has 0 aliphatic heterocycles. The molecule has 0 bridgehead atoms. The van der Waals surface area contributed by atoms with Gasteiger partial charge in [-0.15, -0.1) is 11.3 Å². The molecule has 0 saturated heterocycles. The van der Waals surface area contributed by atoms with Gasteiger partial charge in [-0.25, -0.2) is 4.98 Å². The number of thiazole rings is 1. The van der Waals surface area contributed by atoms with Crippen molar-refractivity contribution >= 4 is 28.9 Å². The van der Waals surface area contributed by atoms with Gasteiger partial charge in [-0.2, -0.15) is 4.98 Å². The Morgan fingerprint density at radius 2 is 1.96 bits per heavy atom. The normalized spacial score (nSPS) is 11.6. The quantitative estimate of drug-likeness (QED) is 0.525. The number of nitrogens with zero attached hydrogens (tertiary/aromatic N) is 4. The third-order valence-corrected chi connectivity index (χ3v) is 4.49. The highest BCUT2D eigenvalue weighted by Gasteiger charge is 2.09. The number of halogens is 1. The average molecular weight is 377 g/mol. The molecule has 0 amide bonds. The Balaban J connectivity index is 1.54. The highest BCUT2D eigenvalue weighted by atomic mass is 35.5. The first-order valence-electron chi connectivity index (χ1n) is 7.58. The van der Waals surface area contributed by atoms with Gasteiger partial charge in [-0.3, -0.25) is 4.99 Å². The van der Waals surface area contributed by atoms with E-state index in [2.05, 4.69) is 30.8 Å². The van der Waals surface area contributed by atoms with E-state index < -0.39 is 0 Å². The molecule has 0 fully saturated rings. The second-order valence-corrected chi connectivity index (χ2v) is 6.56. The zero-order valence-electron chi connectivity index (χ0n) is 13.8. The third-order valence-electron chi connectivity index (χ3n) is 3.27. The number of hydrogen-bond acceptors (Lipinski definition) is 6. The van der Waals surface area contributed by atoms with E-state index >= 15 is 0 Å². The van der Waals surface area contributed by atoms with Crippen LogP contribution in [0.1, 0.15) is 16.6 Å². The van der Waals surface area contributed by atoms with Crippen molar-refractivity contribution in [1.82, 2.24) is 25.8 Å². The lowest BCUT2D eigenvalue weighted by Gasteiger charge is -2.08. The summed E-state index contributed by atoms with van der Waals surface area (Å²) in [5.74, 6) is 1.63. The first-order chi connectivity index (χ1) is 12.1. The van der Waals surface area contributed by atoms with Crippen LogP contribution < -0.4 is 10.6 Å². The van der Waals surface area contributed by atoms with Crippen LogP contribution in [0.5, 0.6) is 0 Å². The van der Waals surface area contributed by atoms with Crippen LogP contribution in [0.4, 0.5) is 0 Å². The van der Waals surface area contributed by atoms with Crippen molar-refractivity contribution in [1.29, 1.82) is 0 Å². The van der Waals surface area contributed by atoms with E-state index in [-0.39, 0.29) is 0 Å². The predicted octanol–water partition coefficient (Wildman–Crippen LogP) is 3.02. The van der Waals surface area contributed by atoms with E-state index in [0.29, 0.717) is 35.8 Å². The second-order valence-electron chi connectivity index (χ2n) is 5.18. The first kappa shape index (κ1) is 17.4. The summed E-state index contributed by atoms with van der Waals surface area (Å²) in [6.45, 7) is 2.95. The summed E-state index contributed by atoms with van der Waals surface area (Å²) >= 11 is 7.49. The fourth-order valence-corrected chi connectivity index (χ4v) is 2.90. The SMILES string of the molecule is CN=C(NCc1nc(-c2ccc(Cl)cc2)no1)NCc1nc(C)cs1. The summed E-state index contributed by atoms with van der Waals surface area (Å²) < 4.78 is 5.26. The number of nitrogens with one attached hydrogen (secondary N) is 2. The van der Waals surface area contributed by atoms with Crippen molar-refractivity contribution in [3.05, 3.63) is 51.3 Å². The van der Waals surface area contributed by atoms with Gasteiger partial charge in [0.05, 0.1) is 13.1 Å². The number of aliphatic imine (C=N–C) groups is 1. The molecule has 0 atom stereocenters. The van der Waals surface area contributed by atoms with Crippen molar-refractivity contribution < 1.29 is 4.52 Å². The summed E-state index contributed by atoms with van der Waals surface area (Å²) in [4.78, 5) is 12.9. The fraction of sp³-hybridized carbons (Fsp3) is 0.250. The first-order valence-corrected chi connectivity index (χ1v) is 8.84. The van der Waals surface area contributed by atoms with Gasteiger partial charge in [0, 0.05) is 28.7 Å². The highest BCUT2D eigenvalue weighted by Crippen LogP contribution is 2.18. The van der Waals surface area contributed by atoms with Gasteiger partial charge in [0.15, 0.2) is 5.96 Å². The molecule has 25 heavy (non-hydrogen) atoms. The van der Waals surface area contributed by atoms with Crippen LogP contribution in [0.2, 0.25) is 5.02 Å².